The number of amides is 1. The maximum Gasteiger partial charge on any atom is 0.275 e. The van der Waals surface area contributed by atoms with Crippen LogP contribution < -0.4 is 10.6 Å². The highest BCUT2D eigenvalue weighted by molar-refractivity contribution is 9.10. The number of nitrogens with one attached hydrogen (secondary N) is 2. The standard InChI is InChI=1S/C17H12BrFN4O/c18-13-3-1-2-4-14(13)23-17(24)15-9-21-16(10-20-15)22-12-7-5-11(19)6-8-12/h1-10H,(H,21,22)(H,23,24). The van der Waals surface area contributed by atoms with Crippen LogP contribution in [0.3, 0.4) is 0 Å². The summed E-state index contributed by atoms with van der Waals surface area (Å²) in [4.78, 5) is 20.4. The largest absolute Gasteiger partial charge is 0.339 e. The zero-order valence-corrected chi connectivity index (χ0v) is 13.9. The van der Waals surface area contributed by atoms with Crippen LogP contribution in [-0.2, 0) is 0 Å². The van der Waals surface area contributed by atoms with Crippen LogP contribution in [0.2, 0.25) is 0 Å². The van der Waals surface area contributed by atoms with Crippen molar-refractivity contribution in [1.29, 1.82) is 0 Å². The lowest BCUT2D eigenvalue weighted by molar-refractivity contribution is 0.102. The molecular formula is C17H12BrFN4O. The van der Waals surface area contributed by atoms with Crippen molar-refractivity contribution in [3.05, 3.63) is 76.9 Å². The number of aromatic nitrogens is 2. The van der Waals surface area contributed by atoms with Crippen molar-refractivity contribution >= 4 is 39.0 Å². The molecule has 120 valence electrons. The van der Waals surface area contributed by atoms with Crippen LogP contribution in [0.25, 0.3) is 0 Å². The number of rotatable bonds is 4. The highest BCUT2D eigenvalue weighted by atomic mass is 79.9. The van der Waals surface area contributed by atoms with Crippen molar-refractivity contribution in [2.24, 2.45) is 0 Å². The minimum absolute atomic E-state index is 0.190. The average molecular weight is 387 g/mol. The summed E-state index contributed by atoms with van der Waals surface area (Å²) in [5, 5.41) is 5.73. The highest BCUT2D eigenvalue weighted by Crippen LogP contribution is 2.21. The van der Waals surface area contributed by atoms with Crippen LogP contribution in [0.1, 0.15) is 10.5 Å². The van der Waals surface area contributed by atoms with Gasteiger partial charge in [0.2, 0.25) is 0 Å². The van der Waals surface area contributed by atoms with Crippen molar-refractivity contribution in [1.82, 2.24) is 9.97 Å². The smallest absolute Gasteiger partial charge is 0.275 e. The number of benzene rings is 2. The normalized spacial score (nSPS) is 10.2. The summed E-state index contributed by atoms with van der Waals surface area (Å²) in [7, 11) is 0. The zero-order chi connectivity index (χ0) is 16.9. The van der Waals surface area contributed by atoms with Crippen molar-refractivity contribution in [2.75, 3.05) is 10.6 Å². The lowest BCUT2D eigenvalue weighted by atomic mass is 10.3. The van der Waals surface area contributed by atoms with Crippen LogP contribution in [-0.4, -0.2) is 15.9 Å². The summed E-state index contributed by atoms with van der Waals surface area (Å²) < 4.78 is 13.6. The fourth-order valence-corrected chi connectivity index (χ4v) is 2.32. The van der Waals surface area contributed by atoms with Crippen LogP contribution in [0, 0.1) is 5.82 Å². The summed E-state index contributed by atoms with van der Waals surface area (Å²) >= 11 is 3.36. The number of nitrogens with zero attached hydrogens (tertiary/aromatic N) is 2. The Balaban J connectivity index is 1.68. The van der Waals surface area contributed by atoms with Gasteiger partial charge in [0.15, 0.2) is 0 Å². The third-order valence-corrected chi connectivity index (χ3v) is 3.81. The molecule has 0 atom stereocenters. The van der Waals surface area contributed by atoms with Crippen LogP contribution >= 0.6 is 15.9 Å². The second-order valence-electron chi connectivity index (χ2n) is 4.85. The molecule has 2 N–H and O–H groups in total. The first-order valence-corrected chi connectivity index (χ1v) is 7.81. The number of anilines is 3. The first-order valence-electron chi connectivity index (χ1n) is 7.02. The Morgan fingerprint density at radius 3 is 2.42 bits per heavy atom. The molecule has 0 saturated heterocycles. The molecule has 5 nitrogen and oxygen atoms in total. The third kappa shape index (κ3) is 3.94. The number of hydrogen-bond acceptors (Lipinski definition) is 4. The second-order valence-corrected chi connectivity index (χ2v) is 5.71. The Labute approximate surface area is 146 Å². The molecule has 0 aliphatic heterocycles. The molecule has 1 aromatic heterocycles. The summed E-state index contributed by atoms with van der Waals surface area (Å²) in [5.41, 5.74) is 1.52. The van der Waals surface area contributed by atoms with Gasteiger partial charge in [-0.3, -0.25) is 4.79 Å². The maximum absolute atomic E-state index is 12.9. The number of halogens is 2. The number of carbonyl (C=O) groups excluding carboxylic acids is 1. The van der Waals surface area contributed by atoms with Gasteiger partial charge in [-0.05, 0) is 52.3 Å². The molecule has 0 aliphatic rings. The first kappa shape index (κ1) is 16.1. The van der Waals surface area contributed by atoms with Gasteiger partial charge < -0.3 is 10.6 Å². The van der Waals surface area contributed by atoms with Crippen molar-refractivity contribution < 1.29 is 9.18 Å². The van der Waals surface area contributed by atoms with E-state index in [4.69, 9.17) is 0 Å². The maximum atomic E-state index is 12.9. The molecule has 7 heteroatoms. The lowest BCUT2D eigenvalue weighted by Crippen LogP contribution is -2.14. The molecule has 0 unspecified atom stereocenters. The molecule has 0 radical (unpaired) electrons. The average Bonchev–Trinajstić information content (AvgIpc) is 2.59. The molecule has 1 heterocycles. The van der Waals surface area contributed by atoms with Crippen molar-refractivity contribution in [3.8, 4) is 0 Å². The Bertz CT molecular complexity index is 853. The first-order chi connectivity index (χ1) is 11.6. The minimum Gasteiger partial charge on any atom is -0.339 e. The van der Waals surface area contributed by atoms with E-state index in [9.17, 15) is 9.18 Å². The lowest BCUT2D eigenvalue weighted by Gasteiger charge is -2.08. The molecule has 2 aromatic carbocycles. The predicted octanol–water partition coefficient (Wildman–Crippen LogP) is 4.37. The van der Waals surface area contributed by atoms with Crippen molar-refractivity contribution in [3.63, 3.8) is 0 Å². The van der Waals surface area contributed by atoms with Gasteiger partial charge in [-0.15, -0.1) is 0 Å². The van der Waals surface area contributed by atoms with E-state index >= 15 is 0 Å². The summed E-state index contributed by atoms with van der Waals surface area (Å²) in [6.45, 7) is 0. The van der Waals surface area contributed by atoms with Crippen LogP contribution in [0.15, 0.2) is 65.4 Å². The predicted molar refractivity (Wildman–Crippen MR) is 93.8 cm³/mol. The van der Waals surface area contributed by atoms with E-state index in [1.807, 2.05) is 18.2 Å². The molecule has 0 saturated carbocycles. The molecule has 0 aliphatic carbocycles. The number of carbonyl (C=O) groups is 1. The second kappa shape index (κ2) is 7.18. The van der Waals surface area contributed by atoms with Gasteiger partial charge in [-0.25, -0.2) is 14.4 Å². The molecule has 0 spiro atoms. The topological polar surface area (TPSA) is 66.9 Å². The van der Waals surface area contributed by atoms with Gasteiger partial charge >= 0.3 is 0 Å². The van der Waals surface area contributed by atoms with Crippen LogP contribution in [0.5, 0.6) is 0 Å². The number of hydrogen-bond donors (Lipinski definition) is 2. The van der Waals surface area contributed by atoms with Gasteiger partial charge in [-0.2, -0.15) is 0 Å². The van der Waals surface area contributed by atoms with Gasteiger partial charge in [0.05, 0.1) is 18.1 Å². The van der Waals surface area contributed by atoms with E-state index in [0.29, 0.717) is 17.2 Å². The molecule has 0 fully saturated rings. The van der Waals surface area contributed by atoms with E-state index in [1.54, 1.807) is 18.2 Å². The van der Waals surface area contributed by atoms with Crippen LogP contribution in [0.4, 0.5) is 21.6 Å². The van der Waals surface area contributed by atoms with E-state index in [1.165, 1.54) is 24.5 Å². The zero-order valence-electron chi connectivity index (χ0n) is 12.3. The highest BCUT2D eigenvalue weighted by Gasteiger charge is 2.10. The van der Waals surface area contributed by atoms with Gasteiger partial charge in [0, 0.05) is 10.2 Å². The third-order valence-electron chi connectivity index (χ3n) is 3.12. The Morgan fingerprint density at radius 2 is 1.75 bits per heavy atom. The van der Waals surface area contributed by atoms with E-state index < -0.39 is 0 Å². The van der Waals surface area contributed by atoms with Crippen molar-refractivity contribution in [2.45, 2.75) is 0 Å². The molecule has 3 aromatic rings. The van der Waals surface area contributed by atoms with E-state index in [-0.39, 0.29) is 17.4 Å². The Kier molecular flexibility index (Phi) is 4.81. The fourth-order valence-electron chi connectivity index (χ4n) is 1.94. The molecule has 1 amide bonds. The quantitative estimate of drug-likeness (QED) is 0.698. The van der Waals surface area contributed by atoms with Gasteiger partial charge in [0.25, 0.3) is 5.91 Å². The van der Waals surface area contributed by atoms with E-state index in [0.717, 1.165) is 4.47 Å². The van der Waals surface area contributed by atoms with Gasteiger partial charge in [0.1, 0.15) is 17.3 Å². The molecule has 24 heavy (non-hydrogen) atoms. The molecular weight excluding hydrogens is 375 g/mol. The summed E-state index contributed by atoms with van der Waals surface area (Å²) in [6, 6.07) is 13.1. The van der Waals surface area contributed by atoms with E-state index in [2.05, 4.69) is 36.5 Å². The Morgan fingerprint density at radius 1 is 1.00 bits per heavy atom. The molecule has 3 rings (SSSR count). The number of para-hydroxylation sites is 1. The summed E-state index contributed by atoms with van der Waals surface area (Å²) in [6.07, 6.45) is 2.82. The minimum atomic E-state index is -0.359. The fraction of sp³-hybridized carbons (Fsp3) is 0. The Hall–Kier alpha value is -2.80. The monoisotopic (exact) mass is 386 g/mol. The SMILES string of the molecule is O=C(Nc1ccccc1Br)c1cnc(Nc2ccc(F)cc2)cn1. The molecule has 0 bridgehead atoms. The summed E-state index contributed by atoms with van der Waals surface area (Å²) in [5.74, 6) is -0.215. The van der Waals surface area contributed by atoms with Gasteiger partial charge in [-0.1, -0.05) is 12.1 Å².